The Hall–Kier alpha value is -1.71. The van der Waals surface area contributed by atoms with Gasteiger partial charge in [-0.05, 0) is 18.6 Å². The van der Waals surface area contributed by atoms with E-state index in [0.717, 1.165) is 24.3 Å². The Morgan fingerprint density at radius 3 is 2.38 bits per heavy atom. The van der Waals surface area contributed by atoms with Crippen molar-refractivity contribution in [1.82, 2.24) is 0 Å². The molecule has 1 heterocycles. The molecule has 4 nitrogen and oxygen atoms in total. The highest BCUT2D eigenvalue weighted by molar-refractivity contribution is 5.90. The number of carbonyl (C=O) groups is 1. The van der Waals surface area contributed by atoms with Crippen LogP contribution in [0.2, 0.25) is 0 Å². The second-order valence-electron chi connectivity index (χ2n) is 5.77. The molecular formula is C17H26N2O2. The fraction of sp³-hybridized carbons (Fsp3) is 0.588. The molecule has 1 N–H and O–H groups in total. The molecule has 0 saturated carbocycles. The topological polar surface area (TPSA) is 43.8 Å². The molecule has 0 aromatic heterocycles. The van der Waals surface area contributed by atoms with Crippen molar-refractivity contribution in [1.29, 1.82) is 0 Å². The van der Waals surface area contributed by atoms with Crippen LogP contribution < -0.4 is 9.80 Å². The number of nitrogens with zero attached hydrogens (tertiary/aromatic N) is 2. The number of rotatable bonds is 8. The fourth-order valence-electron chi connectivity index (χ4n) is 3.08. The van der Waals surface area contributed by atoms with E-state index in [-0.39, 0.29) is 0 Å². The second kappa shape index (κ2) is 7.34. The lowest BCUT2D eigenvalue weighted by Crippen LogP contribution is -2.47. The summed E-state index contributed by atoms with van der Waals surface area (Å²) in [6.45, 7) is 3.03. The number of aliphatic carboxylic acids is 1. The van der Waals surface area contributed by atoms with Gasteiger partial charge in [-0.1, -0.05) is 51.2 Å². The van der Waals surface area contributed by atoms with Gasteiger partial charge in [0.15, 0.2) is 0 Å². The molecule has 1 unspecified atom stereocenters. The third-order valence-electron chi connectivity index (χ3n) is 4.21. The number of para-hydroxylation sites is 2. The Kier molecular flexibility index (Phi) is 5.48. The van der Waals surface area contributed by atoms with Crippen LogP contribution in [0.5, 0.6) is 0 Å². The Labute approximate surface area is 127 Å². The van der Waals surface area contributed by atoms with Crippen molar-refractivity contribution in [3.05, 3.63) is 24.3 Å². The Morgan fingerprint density at radius 1 is 1.10 bits per heavy atom. The van der Waals surface area contributed by atoms with Crippen LogP contribution in [-0.4, -0.2) is 30.8 Å². The van der Waals surface area contributed by atoms with Gasteiger partial charge in [-0.3, -0.25) is 0 Å². The number of carboxylic acid groups (broad SMARTS) is 1. The molecule has 0 spiro atoms. The summed E-state index contributed by atoms with van der Waals surface area (Å²) in [5.41, 5.74) is 2.05. The monoisotopic (exact) mass is 290 g/mol. The van der Waals surface area contributed by atoms with Gasteiger partial charge in [-0.2, -0.15) is 0 Å². The molecule has 1 aromatic rings. The molecule has 21 heavy (non-hydrogen) atoms. The van der Waals surface area contributed by atoms with E-state index in [4.69, 9.17) is 0 Å². The van der Waals surface area contributed by atoms with E-state index in [1.54, 1.807) is 0 Å². The standard InChI is InChI=1S/C17H26N2O2/c1-3-4-5-6-7-10-13-19-15-12-9-8-11-14(15)18(2)16(19)17(20)21/h8-9,11-12,16H,3-7,10,13H2,1-2H3,(H,20,21). The first-order valence-corrected chi connectivity index (χ1v) is 7.98. The summed E-state index contributed by atoms with van der Waals surface area (Å²) < 4.78 is 0. The van der Waals surface area contributed by atoms with Crippen molar-refractivity contribution in [3.8, 4) is 0 Å². The first-order valence-electron chi connectivity index (χ1n) is 7.98. The Morgan fingerprint density at radius 2 is 1.71 bits per heavy atom. The largest absolute Gasteiger partial charge is 0.478 e. The van der Waals surface area contributed by atoms with Gasteiger partial charge in [-0.25, -0.2) is 4.79 Å². The molecule has 1 aromatic carbocycles. The molecule has 1 atom stereocenters. The highest BCUT2D eigenvalue weighted by Crippen LogP contribution is 2.38. The lowest BCUT2D eigenvalue weighted by Gasteiger charge is -2.27. The summed E-state index contributed by atoms with van der Waals surface area (Å²) in [6.07, 6.45) is 6.74. The molecule has 2 rings (SSSR count). The number of fused-ring (bicyclic) bond motifs is 1. The van der Waals surface area contributed by atoms with E-state index >= 15 is 0 Å². The van der Waals surface area contributed by atoms with Gasteiger partial charge in [0.05, 0.1) is 11.4 Å². The van der Waals surface area contributed by atoms with Gasteiger partial charge in [0.2, 0.25) is 6.17 Å². The summed E-state index contributed by atoms with van der Waals surface area (Å²) in [6, 6.07) is 7.95. The van der Waals surface area contributed by atoms with Gasteiger partial charge in [0, 0.05) is 13.6 Å². The molecule has 0 amide bonds. The fourth-order valence-corrected chi connectivity index (χ4v) is 3.08. The number of benzene rings is 1. The van der Waals surface area contributed by atoms with Crippen LogP contribution in [0.25, 0.3) is 0 Å². The van der Waals surface area contributed by atoms with Crippen LogP contribution >= 0.6 is 0 Å². The minimum atomic E-state index is -0.778. The summed E-state index contributed by atoms with van der Waals surface area (Å²) in [4.78, 5) is 15.5. The van der Waals surface area contributed by atoms with E-state index in [2.05, 4.69) is 6.92 Å². The highest BCUT2D eigenvalue weighted by atomic mass is 16.4. The summed E-state index contributed by atoms with van der Waals surface area (Å²) in [5.74, 6) is -0.778. The smallest absolute Gasteiger partial charge is 0.347 e. The van der Waals surface area contributed by atoms with E-state index < -0.39 is 12.1 Å². The van der Waals surface area contributed by atoms with E-state index in [1.165, 1.54) is 32.1 Å². The van der Waals surface area contributed by atoms with Crippen molar-refractivity contribution in [2.45, 2.75) is 51.6 Å². The van der Waals surface area contributed by atoms with Crippen LogP contribution in [0.3, 0.4) is 0 Å². The van der Waals surface area contributed by atoms with E-state index in [1.807, 2.05) is 41.1 Å². The lowest BCUT2D eigenvalue weighted by atomic mass is 10.1. The van der Waals surface area contributed by atoms with Gasteiger partial charge in [0.25, 0.3) is 0 Å². The molecule has 1 aliphatic rings. The van der Waals surface area contributed by atoms with Crippen LogP contribution in [0.15, 0.2) is 24.3 Å². The number of unbranched alkanes of at least 4 members (excludes halogenated alkanes) is 5. The minimum Gasteiger partial charge on any atom is -0.478 e. The van der Waals surface area contributed by atoms with Crippen LogP contribution in [-0.2, 0) is 4.79 Å². The van der Waals surface area contributed by atoms with E-state index in [9.17, 15) is 9.90 Å². The number of carboxylic acids is 1. The molecule has 0 aliphatic carbocycles. The Bertz CT molecular complexity index is 476. The van der Waals surface area contributed by atoms with Crippen molar-refractivity contribution in [2.75, 3.05) is 23.4 Å². The quantitative estimate of drug-likeness (QED) is 0.741. The zero-order valence-electron chi connectivity index (χ0n) is 13.1. The average molecular weight is 290 g/mol. The maximum absolute atomic E-state index is 11.6. The van der Waals surface area contributed by atoms with Crippen LogP contribution in [0.4, 0.5) is 11.4 Å². The Balaban J connectivity index is 1.97. The maximum Gasteiger partial charge on any atom is 0.347 e. The summed E-state index contributed by atoms with van der Waals surface area (Å²) in [5, 5.41) is 9.52. The van der Waals surface area contributed by atoms with Crippen LogP contribution in [0, 0.1) is 0 Å². The zero-order chi connectivity index (χ0) is 15.2. The van der Waals surface area contributed by atoms with Gasteiger partial charge in [0.1, 0.15) is 0 Å². The van der Waals surface area contributed by atoms with Crippen molar-refractivity contribution in [2.24, 2.45) is 0 Å². The van der Waals surface area contributed by atoms with Gasteiger partial charge < -0.3 is 14.9 Å². The number of likely N-dealkylation sites (N-methyl/N-ethyl adjacent to an activating group) is 1. The molecule has 0 bridgehead atoms. The van der Waals surface area contributed by atoms with Crippen molar-refractivity contribution >= 4 is 17.3 Å². The SMILES string of the molecule is CCCCCCCCN1c2ccccc2N(C)C1C(=O)O. The molecule has 1 aliphatic heterocycles. The molecule has 0 saturated heterocycles. The second-order valence-corrected chi connectivity index (χ2v) is 5.77. The first-order chi connectivity index (χ1) is 10.2. The average Bonchev–Trinajstić information content (AvgIpc) is 2.76. The van der Waals surface area contributed by atoms with E-state index in [0.29, 0.717) is 0 Å². The lowest BCUT2D eigenvalue weighted by molar-refractivity contribution is -0.138. The number of hydrogen-bond donors (Lipinski definition) is 1. The van der Waals surface area contributed by atoms with Gasteiger partial charge in [-0.15, -0.1) is 0 Å². The molecular weight excluding hydrogens is 264 g/mol. The molecule has 4 heteroatoms. The predicted octanol–water partition coefficient (Wildman–Crippen LogP) is 3.71. The molecule has 116 valence electrons. The third kappa shape index (κ3) is 3.49. The van der Waals surface area contributed by atoms with Crippen LogP contribution in [0.1, 0.15) is 45.4 Å². The zero-order valence-corrected chi connectivity index (χ0v) is 13.1. The van der Waals surface area contributed by atoms with Gasteiger partial charge >= 0.3 is 5.97 Å². The third-order valence-corrected chi connectivity index (χ3v) is 4.21. The first kappa shape index (κ1) is 15.7. The van der Waals surface area contributed by atoms with Crippen molar-refractivity contribution in [3.63, 3.8) is 0 Å². The predicted molar refractivity (Wildman–Crippen MR) is 87.0 cm³/mol. The highest BCUT2D eigenvalue weighted by Gasteiger charge is 2.37. The maximum atomic E-state index is 11.6. The summed E-state index contributed by atoms with van der Waals surface area (Å²) in [7, 11) is 1.86. The number of anilines is 2. The van der Waals surface area contributed by atoms with Crippen molar-refractivity contribution < 1.29 is 9.90 Å². The molecule has 0 radical (unpaired) electrons. The summed E-state index contributed by atoms with van der Waals surface area (Å²) >= 11 is 0. The number of hydrogen-bond acceptors (Lipinski definition) is 3. The normalized spacial score (nSPS) is 17.1. The molecule has 0 fully saturated rings. The minimum absolute atomic E-state index is 0.571.